The minimum absolute atomic E-state index is 0.147. The highest BCUT2D eigenvalue weighted by atomic mass is 35.5. The summed E-state index contributed by atoms with van der Waals surface area (Å²) in [6, 6.07) is 5.67. The Morgan fingerprint density at radius 1 is 1.11 bits per heavy atom. The molecule has 0 saturated carbocycles. The highest BCUT2D eigenvalue weighted by Crippen LogP contribution is 2.28. The third kappa shape index (κ3) is 5.15. The average Bonchev–Trinajstić information content (AvgIpc) is 2.33. The van der Waals surface area contributed by atoms with Gasteiger partial charge in [0.2, 0.25) is 0 Å². The van der Waals surface area contributed by atoms with Crippen LogP contribution in [0.4, 0.5) is 0 Å². The van der Waals surface area contributed by atoms with Crippen molar-refractivity contribution < 1.29 is 14.2 Å². The molecule has 0 fully saturated rings. The molecule has 0 N–H and O–H groups in total. The van der Waals surface area contributed by atoms with Crippen molar-refractivity contribution in [2.75, 3.05) is 20.3 Å². The maximum Gasteiger partial charge on any atom is 0.161 e. The van der Waals surface area contributed by atoms with Crippen LogP contribution in [0.2, 0.25) is 0 Å². The molecular weight excluding hydrogens is 252 g/mol. The van der Waals surface area contributed by atoms with Gasteiger partial charge in [-0.15, -0.1) is 11.6 Å². The lowest BCUT2D eigenvalue weighted by Crippen LogP contribution is -2.22. The van der Waals surface area contributed by atoms with Gasteiger partial charge in [-0.05, 0) is 38.5 Å². The van der Waals surface area contributed by atoms with E-state index in [1.807, 2.05) is 39.0 Å². The van der Waals surface area contributed by atoms with Crippen LogP contribution in [0.15, 0.2) is 18.2 Å². The first-order valence-electron chi connectivity index (χ1n) is 5.96. The third-order valence-electron chi connectivity index (χ3n) is 2.26. The maximum atomic E-state index is 5.79. The topological polar surface area (TPSA) is 27.7 Å². The third-order valence-corrected chi connectivity index (χ3v) is 2.57. The Morgan fingerprint density at radius 3 is 2.39 bits per heavy atom. The van der Waals surface area contributed by atoms with Crippen molar-refractivity contribution in [1.82, 2.24) is 0 Å². The molecule has 4 heteroatoms. The number of methoxy groups -OCH3 is 1. The molecule has 0 bridgehead atoms. The van der Waals surface area contributed by atoms with E-state index in [2.05, 4.69) is 0 Å². The molecule has 0 unspecified atom stereocenters. The lowest BCUT2D eigenvalue weighted by atomic mass is 10.2. The SMILES string of the molecule is COc1ccc(CCl)cc1OCCOC(C)(C)C. The second-order valence-corrected chi connectivity index (χ2v) is 5.20. The van der Waals surface area contributed by atoms with Crippen LogP contribution in [-0.2, 0) is 10.6 Å². The molecule has 1 aromatic carbocycles. The second-order valence-electron chi connectivity index (χ2n) is 4.93. The van der Waals surface area contributed by atoms with E-state index in [0.29, 0.717) is 30.6 Å². The summed E-state index contributed by atoms with van der Waals surface area (Å²) in [6.07, 6.45) is 0. The van der Waals surface area contributed by atoms with Gasteiger partial charge in [-0.3, -0.25) is 0 Å². The van der Waals surface area contributed by atoms with E-state index in [-0.39, 0.29) is 5.60 Å². The number of ether oxygens (including phenoxy) is 3. The summed E-state index contributed by atoms with van der Waals surface area (Å²) in [4.78, 5) is 0. The van der Waals surface area contributed by atoms with Gasteiger partial charge in [0.25, 0.3) is 0 Å². The fourth-order valence-electron chi connectivity index (χ4n) is 1.42. The smallest absolute Gasteiger partial charge is 0.161 e. The Kier molecular flexibility index (Phi) is 5.76. The van der Waals surface area contributed by atoms with Gasteiger partial charge in [0, 0.05) is 5.88 Å². The zero-order valence-electron chi connectivity index (χ0n) is 11.5. The van der Waals surface area contributed by atoms with Crippen molar-refractivity contribution >= 4 is 11.6 Å². The van der Waals surface area contributed by atoms with Crippen LogP contribution in [0.3, 0.4) is 0 Å². The Hall–Kier alpha value is -0.930. The molecule has 0 radical (unpaired) electrons. The van der Waals surface area contributed by atoms with Crippen molar-refractivity contribution in [3.05, 3.63) is 23.8 Å². The van der Waals surface area contributed by atoms with Crippen LogP contribution in [0.1, 0.15) is 26.3 Å². The monoisotopic (exact) mass is 272 g/mol. The van der Waals surface area contributed by atoms with Gasteiger partial charge >= 0.3 is 0 Å². The molecule has 102 valence electrons. The van der Waals surface area contributed by atoms with E-state index in [1.165, 1.54) is 0 Å². The standard InChI is InChI=1S/C14H21ClO3/c1-14(2,3)18-8-7-17-13-9-11(10-15)5-6-12(13)16-4/h5-6,9H,7-8,10H2,1-4H3. The van der Waals surface area contributed by atoms with Gasteiger partial charge in [-0.1, -0.05) is 6.07 Å². The highest BCUT2D eigenvalue weighted by Gasteiger charge is 2.10. The van der Waals surface area contributed by atoms with Crippen LogP contribution < -0.4 is 9.47 Å². The van der Waals surface area contributed by atoms with Gasteiger partial charge in [-0.25, -0.2) is 0 Å². The van der Waals surface area contributed by atoms with Gasteiger partial charge in [0.1, 0.15) is 6.61 Å². The molecule has 0 aliphatic carbocycles. The Labute approximate surface area is 114 Å². The predicted molar refractivity (Wildman–Crippen MR) is 73.8 cm³/mol. The van der Waals surface area contributed by atoms with Gasteiger partial charge in [0.15, 0.2) is 11.5 Å². The Bertz CT molecular complexity index is 372. The molecule has 1 rings (SSSR count). The van der Waals surface area contributed by atoms with Crippen LogP contribution in [-0.4, -0.2) is 25.9 Å². The molecule has 0 spiro atoms. The first-order valence-corrected chi connectivity index (χ1v) is 6.49. The minimum Gasteiger partial charge on any atom is -0.493 e. The van der Waals surface area contributed by atoms with E-state index >= 15 is 0 Å². The van der Waals surface area contributed by atoms with Crippen molar-refractivity contribution in [2.24, 2.45) is 0 Å². The van der Waals surface area contributed by atoms with E-state index in [0.717, 1.165) is 5.56 Å². The van der Waals surface area contributed by atoms with Gasteiger partial charge in [-0.2, -0.15) is 0 Å². The molecule has 18 heavy (non-hydrogen) atoms. The van der Waals surface area contributed by atoms with E-state index in [4.69, 9.17) is 25.8 Å². The summed E-state index contributed by atoms with van der Waals surface area (Å²) in [5, 5.41) is 0. The molecule has 0 atom stereocenters. The summed E-state index contributed by atoms with van der Waals surface area (Å²) in [5.74, 6) is 1.87. The summed E-state index contributed by atoms with van der Waals surface area (Å²) in [7, 11) is 1.62. The number of alkyl halides is 1. The maximum absolute atomic E-state index is 5.79. The summed E-state index contributed by atoms with van der Waals surface area (Å²) < 4.78 is 16.5. The van der Waals surface area contributed by atoms with Crippen LogP contribution in [0.5, 0.6) is 11.5 Å². The zero-order chi connectivity index (χ0) is 13.6. The van der Waals surface area contributed by atoms with Crippen molar-refractivity contribution in [1.29, 1.82) is 0 Å². The lowest BCUT2D eigenvalue weighted by molar-refractivity contribution is -0.0165. The van der Waals surface area contributed by atoms with Crippen LogP contribution >= 0.6 is 11.6 Å². The zero-order valence-corrected chi connectivity index (χ0v) is 12.2. The minimum atomic E-state index is -0.147. The van der Waals surface area contributed by atoms with E-state index < -0.39 is 0 Å². The lowest BCUT2D eigenvalue weighted by Gasteiger charge is -2.20. The van der Waals surface area contributed by atoms with Crippen LogP contribution in [0, 0.1) is 0 Å². The van der Waals surface area contributed by atoms with Gasteiger partial charge < -0.3 is 14.2 Å². The molecule has 0 aromatic heterocycles. The number of halogens is 1. The Morgan fingerprint density at radius 2 is 1.83 bits per heavy atom. The van der Waals surface area contributed by atoms with Crippen molar-refractivity contribution in [2.45, 2.75) is 32.3 Å². The molecule has 0 saturated heterocycles. The van der Waals surface area contributed by atoms with Crippen molar-refractivity contribution in [3.8, 4) is 11.5 Å². The number of hydrogen-bond donors (Lipinski definition) is 0. The predicted octanol–water partition coefficient (Wildman–Crippen LogP) is 3.63. The molecule has 0 heterocycles. The van der Waals surface area contributed by atoms with E-state index in [1.54, 1.807) is 7.11 Å². The average molecular weight is 273 g/mol. The Balaban J connectivity index is 2.54. The quantitative estimate of drug-likeness (QED) is 0.585. The first-order chi connectivity index (χ1) is 8.46. The number of benzene rings is 1. The first kappa shape index (κ1) is 15.1. The fourth-order valence-corrected chi connectivity index (χ4v) is 1.58. The molecule has 3 nitrogen and oxygen atoms in total. The number of hydrogen-bond acceptors (Lipinski definition) is 3. The number of rotatable bonds is 6. The summed E-state index contributed by atoms with van der Waals surface area (Å²) >= 11 is 5.79. The fraction of sp³-hybridized carbons (Fsp3) is 0.571. The largest absolute Gasteiger partial charge is 0.493 e. The molecule has 0 aliphatic rings. The van der Waals surface area contributed by atoms with Crippen LogP contribution in [0.25, 0.3) is 0 Å². The molecule has 0 aliphatic heterocycles. The highest BCUT2D eigenvalue weighted by molar-refractivity contribution is 6.17. The summed E-state index contributed by atoms with van der Waals surface area (Å²) in [5.41, 5.74) is 0.857. The molecular formula is C14H21ClO3. The van der Waals surface area contributed by atoms with Gasteiger partial charge in [0.05, 0.1) is 19.3 Å². The second kappa shape index (κ2) is 6.86. The normalized spacial score (nSPS) is 11.4. The summed E-state index contributed by atoms with van der Waals surface area (Å²) in [6.45, 7) is 7.07. The van der Waals surface area contributed by atoms with E-state index in [9.17, 15) is 0 Å². The van der Waals surface area contributed by atoms with Crippen molar-refractivity contribution in [3.63, 3.8) is 0 Å². The molecule has 1 aromatic rings. The molecule has 0 amide bonds.